The van der Waals surface area contributed by atoms with Crippen molar-refractivity contribution in [2.45, 2.75) is 51.0 Å². The van der Waals surface area contributed by atoms with Crippen LogP contribution in [0.15, 0.2) is 42.5 Å². The number of carbonyl (C=O) groups is 1. The molecule has 0 amide bonds. The van der Waals surface area contributed by atoms with E-state index in [1.807, 2.05) is 30.3 Å². The summed E-state index contributed by atoms with van der Waals surface area (Å²) in [6.07, 6.45) is 4.50. The van der Waals surface area contributed by atoms with Crippen LogP contribution in [0, 0.1) is 0 Å². The molecule has 0 radical (unpaired) electrons. The molecule has 154 valence electrons. The van der Waals surface area contributed by atoms with Gasteiger partial charge in [0.25, 0.3) is 0 Å². The van der Waals surface area contributed by atoms with E-state index in [4.69, 9.17) is 15.5 Å². The van der Waals surface area contributed by atoms with Crippen molar-refractivity contribution in [2.24, 2.45) is 5.73 Å². The number of phosphoric acid groups is 1. The maximum atomic E-state index is 12.4. The smallest absolute Gasteiger partial charge is 0.323 e. The van der Waals surface area contributed by atoms with Crippen LogP contribution in [0.2, 0.25) is 0 Å². The summed E-state index contributed by atoms with van der Waals surface area (Å²) in [6.45, 7) is 1.46. The quantitative estimate of drug-likeness (QED) is 0.268. The van der Waals surface area contributed by atoms with Crippen molar-refractivity contribution in [2.75, 3.05) is 6.61 Å². The molecule has 2 rings (SSSR count). The Morgan fingerprint density at radius 2 is 1.86 bits per heavy atom. The van der Waals surface area contributed by atoms with Gasteiger partial charge in [-0.05, 0) is 56.7 Å². The molecule has 1 heterocycles. The van der Waals surface area contributed by atoms with Gasteiger partial charge in [0, 0.05) is 16.8 Å². The SMILES string of the molecule is CC(N)(CCc1ccc(C(=O)CCCCc2ccccc2)s1)COP(=O)(O)O. The molecule has 0 saturated carbocycles. The van der Waals surface area contributed by atoms with Crippen LogP contribution in [0.3, 0.4) is 0 Å². The number of carbonyl (C=O) groups excluding carboxylic acids is 1. The Hall–Kier alpha value is -1.34. The number of hydrogen-bond donors (Lipinski definition) is 3. The lowest BCUT2D eigenvalue weighted by atomic mass is 9.98. The van der Waals surface area contributed by atoms with Gasteiger partial charge in [0.15, 0.2) is 5.78 Å². The highest BCUT2D eigenvalue weighted by atomic mass is 32.1. The largest absolute Gasteiger partial charge is 0.469 e. The number of Topliss-reactive ketones (excluding diaryl/α,β-unsaturated/α-hetero) is 1. The highest BCUT2D eigenvalue weighted by molar-refractivity contribution is 7.46. The number of phosphoric ester groups is 1. The van der Waals surface area contributed by atoms with Crippen LogP contribution in [0.5, 0.6) is 0 Å². The Morgan fingerprint density at radius 1 is 1.14 bits per heavy atom. The Labute approximate surface area is 170 Å². The number of thiophene rings is 1. The predicted octanol–water partition coefficient (Wildman–Crippen LogP) is 4.10. The van der Waals surface area contributed by atoms with Gasteiger partial charge in [-0.1, -0.05) is 30.3 Å². The van der Waals surface area contributed by atoms with Gasteiger partial charge in [0.1, 0.15) is 0 Å². The van der Waals surface area contributed by atoms with E-state index in [1.165, 1.54) is 16.9 Å². The fraction of sp³-hybridized carbons (Fsp3) is 0.450. The lowest BCUT2D eigenvalue weighted by Gasteiger charge is -2.24. The normalized spacial score (nSPS) is 14.0. The average molecular weight is 425 g/mol. The third kappa shape index (κ3) is 8.78. The fourth-order valence-corrected chi connectivity index (χ4v) is 4.19. The molecule has 0 bridgehead atoms. The van der Waals surface area contributed by atoms with Crippen molar-refractivity contribution in [3.05, 3.63) is 57.8 Å². The molecule has 28 heavy (non-hydrogen) atoms. The van der Waals surface area contributed by atoms with Crippen LogP contribution in [0.1, 0.15) is 52.7 Å². The minimum atomic E-state index is -4.52. The van der Waals surface area contributed by atoms with Crippen LogP contribution in [-0.4, -0.2) is 27.7 Å². The molecule has 2 aromatic rings. The van der Waals surface area contributed by atoms with Crippen molar-refractivity contribution >= 4 is 24.9 Å². The number of benzene rings is 1. The lowest BCUT2D eigenvalue weighted by Crippen LogP contribution is -2.41. The van der Waals surface area contributed by atoms with Gasteiger partial charge in [0.2, 0.25) is 0 Å². The molecule has 1 aromatic carbocycles. The Bertz CT molecular complexity index is 800. The molecule has 1 atom stereocenters. The summed E-state index contributed by atoms with van der Waals surface area (Å²) in [5.41, 5.74) is 6.47. The highest BCUT2D eigenvalue weighted by Crippen LogP contribution is 2.37. The number of aryl methyl sites for hydroxylation is 2. The molecular formula is C20H28NO5PS. The molecule has 1 aromatic heterocycles. The minimum absolute atomic E-state index is 0.157. The Kier molecular flexibility index (Phi) is 8.56. The summed E-state index contributed by atoms with van der Waals surface area (Å²) >= 11 is 1.46. The van der Waals surface area contributed by atoms with Crippen LogP contribution in [0.25, 0.3) is 0 Å². The second-order valence-electron chi connectivity index (χ2n) is 7.30. The predicted molar refractivity (Wildman–Crippen MR) is 112 cm³/mol. The van der Waals surface area contributed by atoms with Gasteiger partial charge >= 0.3 is 7.82 Å². The summed E-state index contributed by atoms with van der Waals surface area (Å²) < 4.78 is 15.3. The summed E-state index contributed by atoms with van der Waals surface area (Å²) in [4.78, 5) is 31.7. The number of hydrogen-bond acceptors (Lipinski definition) is 5. The van der Waals surface area contributed by atoms with Crippen molar-refractivity contribution in [3.63, 3.8) is 0 Å². The molecule has 1 unspecified atom stereocenters. The van der Waals surface area contributed by atoms with Crippen molar-refractivity contribution in [3.8, 4) is 0 Å². The third-order valence-electron chi connectivity index (χ3n) is 4.40. The monoisotopic (exact) mass is 425 g/mol. The molecule has 0 fully saturated rings. The lowest BCUT2D eigenvalue weighted by molar-refractivity contribution is 0.0983. The first-order valence-electron chi connectivity index (χ1n) is 9.29. The zero-order valence-electron chi connectivity index (χ0n) is 16.0. The minimum Gasteiger partial charge on any atom is -0.323 e. The van der Waals surface area contributed by atoms with Crippen molar-refractivity contribution < 1.29 is 23.7 Å². The fourth-order valence-electron chi connectivity index (χ4n) is 2.76. The summed E-state index contributed by atoms with van der Waals surface area (Å²) in [5.74, 6) is 0.157. The Morgan fingerprint density at radius 3 is 2.54 bits per heavy atom. The van der Waals surface area contributed by atoms with Crippen LogP contribution < -0.4 is 5.73 Å². The first-order chi connectivity index (χ1) is 13.1. The molecule has 0 spiro atoms. The van der Waals surface area contributed by atoms with E-state index < -0.39 is 13.4 Å². The van der Waals surface area contributed by atoms with Crippen LogP contribution in [0.4, 0.5) is 0 Å². The van der Waals surface area contributed by atoms with E-state index in [1.54, 1.807) is 6.92 Å². The maximum absolute atomic E-state index is 12.4. The first kappa shape index (κ1) is 22.9. The third-order valence-corrected chi connectivity index (χ3v) is 6.06. The maximum Gasteiger partial charge on any atom is 0.469 e. The zero-order chi connectivity index (χ0) is 20.6. The second-order valence-corrected chi connectivity index (χ2v) is 9.71. The first-order valence-corrected chi connectivity index (χ1v) is 11.6. The van der Waals surface area contributed by atoms with Gasteiger partial charge < -0.3 is 15.5 Å². The number of nitrogens with two attached hydrogens (primary N) is 1. The van der Waals surface area contributed by atoms with Crippen LogP contribution >= 0.6 is 19.2 Å². The molecule has 0 aliphatic heterocycles. The molecule has 0 aliphatic rings. The average Bonchev–Trinajstić information content (AvgIpc) is 3.12. The second kappa shape index (κ2) is 10.4. The molecule has 6 nitrogen and oxygen atoms in total. The number of unbranched alkanes of at least 4 members (excludes halogenated alkanes) is 1. The van der Waals surface area contributed by atoms with E-state index in [2.05, 4.69) is 16.7 Å². The molecule has 8 heteroatoms. The van der Waals surface area contributed by atoms with E-state index in [0.29, 0.717) is 19.3 Å². The van der Waals surface area contributed by atoms with Gasteiger partial charge in [-0.3, -0.25) is 9.32 Å². The van der Waals surface area contributed by atoms with E-state index in [9.17, 15) is 9.36 Å². The molecular weight excluding hydrogens is 397 g/mol. The highest BCUT2D eigenvalue weighted by Gasteiger charge is 2.24. The van der Waals surface area contributed by atoms with Gasteiger partial charge in [-0.25, -0.2) is 4.57 Å². The van der Waals surface area contributed by atoms with E-state index in [0.717, 1.165) is 29.0 Å². The van der Waals surface area contributed by atoms with E-state index >= 15 is 0 Å². The molecule has 0 aliphatic carbocycles. The molecule has 0 saturated heterocycles. The van der Waals surface area contributed by atoms with Crippen molar-refractivity contribution in [1.82, 2.24) is 0 Å². The van der Waals surface area contributed by atoms with Crippen molar-refractivity contribution in [1.29, 1.82) is 0 Å². The molecule has 4 N–H and O–H groups in total. The standard InChI is InChI=1S/C20H28NO5PS/c1-20(21,15-26-27(23,24)25)14-13-17-11-12-19(28-17)18(22)10-6-5-9-16-7-3-2-4-8-16/h2-4,7-8,11-12H,5-6,9-10,13-15,21H2,1H3,(H2,23,24,25). The van der Waals surface area contributed by atoms with Crippen LogP contribution in [-0.2, 0) is 21.9 Å². The zero-order valence-corrected chi connectivity index (χ0v) is 17.8. The summed E-state index contributed by atoms with van der Waals surface area (Å²) in [7, 11) is -4.52. The van der Waals surface area contributed by atoms with Gasteiger partial charge in [0.05, 0.1) is 11.5 Å². The topological polar surface area (TPSA) is 110 Å². The summed E-state index contributed by atoms with van der Waals surface area (Å²) in [6, 6.07) is 14.0. The van der Waals surface area contributed by atoms with Gasteiger partial charge in [-0.2, -0.15) is 0 Å². The van der Waals surface area contributed by atoms with E-state index in [-0.39, 0.29) is 12.4 Å². The van der Waals surface area contributed by atoms with Gasteiger partial charge in [-0.15, -0.1) is 11.3 Å². The summed E-state index contributed by atoms with van der Waals surface area (Å²) in [5, 5.41) is 0. The number of ketones is 1. The Balaban J connectivity index is 1.73. The number of rotatable bonds is 12.